The molecule has 0 atom stereocenters. The highest BCUT2D eigenvalue weighted by molar-refractivity contribution is 5.95. The molecule has 1 N–H and O–H groups in total. The molecule has 1 amide bonds. The van der Waals surface area contributed by atoms with Crippen LogP contribution >= 0.6 is 0 Å². The summed E-state index contributed by atoms with van der Waals surface area (Å²) < 4.78 is 5.72. The number of nitrogens with zero attached hydrogens (tertiary/aromatic N) is 2. The van der Waals surface area contributed by atoms with Crippen LogP contribution in [0.4, 0.5) is 5.69 Å². The number of anilines is 1. The highest BCUT2D eigenvalue weighted by Gasteiger charge is 2.29. The maximum absolute atomic E-state index is 11.8. The normalized spacial score (nSPS) is 14.3. The number of pyridine rings is 1. The van der Waals surface area contributed by atoms with Gasteiger partial charge in [-0.1, -0.05) is 0 Å². The van der Waals surface area contributed by atoms with Crippen molar-refractivity contribution in [1.82, 2.24) is 9.97 Å². The Bertz CT molecular complexity index is 807. The Hall–Kier alpha value is -2.69. The Kier molecular flexibility index (Phi) is 2.70. The van der Waals surface area contributed by atoms with E-state index in [1.807, 2.05) is 30.3 Å². The SMILES string of the molecule is O=C(Nc1ccc2oc(-c3ccncc3)nc2c1)C1CC1. The molecule has 2 heterocycles. The molecule has 5 nitrogen and oxygen atoms in total. The van der Waals surface area contributed by atoms with Crippen molar-refractivity contribution in [3.63, 3.8) is 0 Å². The van der Waals surface area contributed by atoms with Crippen LogP contribution in [-0.4, -0.2) is 15.9 Å². The Morgan fingerprint density at radius 3 is 2.76 bits per heavy atom. The lowest BCUT2D eigenvalue weighted by Gasteiger charge is -2.02. The number of hydrogen-bond donors (Lipinski definition) is 1. The first-order chi connectivity index (χ1) is 10.3. The summed E-state index contributed by atoms with van der Waals surface area (Å²) in [5, 5.41) is 2.91. The van der Waals surface area contributed by atoms with E-state index in [9.17, 15) is 4.79 Å². The second-order valence-corrected chi connectivity index (χ2v) is 5.20. The first-order valence-electron chi connectivity index (χ1n) is 6.91. The van der Waals surface area contributed by atoms with Gasteiger partial charge in [0.1, 0.15) is 5.52 Å². The summed E-state index contributed by atoms with van der Waals surface area (Å²) in [7, 11) is 0. The van der Waals surface area contributed by atoms with Crippen LogP contribution in [-0.2, 0) is 4.79 Å². The van der Waals surface area contributed by atoms with Gasteiger partial charge < -0.3 is 9.73 Å². The number of carbonyl (C=O) groups excluding carboxylic acids is 1. The van der Waals surface area contributed by atoms with Crippen molar-refractivity contribution in [1.29, 1.82) is 0 Å². The number of nitrogens with one attached hydrogen (secondary N) is 1. The maximum Gasteiger partial charge on any atom is 0.227 e. The van der Waals surface area contributed by atoms with E-state index in [4.69, 9.17) is 4.42 Å². The van der Waals surface area contributed by atoms with Gasteiger partial charge in [-0.3, -0.25) is 9.78 Å². The number of amides is 1. The van der Waals surface area contributed by atoms with E-state index in [0.29, 0.717) is 11.5 Å². The highest BCUT2D eigenvalue weighted by Crippen LogP contribution is 2.31. The predicted octanol–water partition coefficient (Wildman–Crippen LogP) is 3.24. The number of rotatable bonds is 3. The van der Waals surface area contributed by atoms with Gasteiger partial charge in [0.2, 0.25) is 11.8 Å². The van der Waals surface area contributed by atoms with Gasteiger partial charge in [-0.05, 0) is 43.2 Å². The molecule has 0 unspecified atom stereocenters. The molecule has 0 saturated heterocycles. The minimum Gasteiger partial charge on any atom is -0.436 e. The lowest BCUT2D eigenvalue weighted by Crippen LogP contribution is -2.12. The molecule has 0 bridgehead atoms. The van der Waals surface area contributed by atoms with E-state index in [1.165, 1.54) is 0 Å². The third-order valence-electron chi connectivity index (χ3n) is 3.53. The average Bonchev–Trinajstić information content (AvgIpc) is 3.28. The zero-order valence-electron chi connectivity index (χ0n) is 11.2. The smallest absolute Gasteiger partial charge is 0.227 e. The van der Waals surface area contributed by atoms with E-state index in [1.54, 1.807) is 12.4 Å². The predicted molar refractivity (Wildman–Crippen MR) is 78.6 cm³/mol. The van der Waals surface area contributed by atoms with Gasteiger partial charge in [0.05, 0.1) is 0 Å². The largest absolute Gasteiger partial charge is 0.436 e. The number of oxazole rings is 1. The molecule has 4 rings (SSSR count). The molecular weight excluding hydrogens is 266 g/mol. The summed E-state index contributed by atoms with van der Waals surface area (Å²) in [5.74, 6) is 0.829. The fraction of sp³-hybridized carbons (Fsp3) is 0.188. The van der Waals surface area contributed by atoms with Crippen molar-refractivity contribution < 1.29 is 9.21 Å². The number of carbonyl (C=O) groups is 1. The lowest BCUT2D eigenvalue weighted by molar-refractivity contribution is -0.117. The van der Waals surface area contributed by atoms with Gasteiger partial charge in [0, 0.05) is 29.6 Å². The second kappa shape index (κ2) is 4.70. The molecule has 1 saturated carbocycles. The van der Waals surface area contributed by atoms with Gasteiger partial charge in [-0.25, -0.2) is 4.98 Å². The molecule has 0 spiro atoms. The molecule has 21 heavy (non-hydrogen) atoms. The first kappa shape index (κ1) is 12.1. The monoisotopic (exact) mass is 279 g/mol. The number of aromatic nitrogens is 2. The van der Waals surface area contributed by atoms with Crippen LogP contribution in [0.25, 0.3) is 22.6 Å². The van der Waals surface area contributed by atoms with Crippen molar-refractivity contribution in [2.24, 2.45) is 5.92 Å². The van der Waals surface area contributed by atoms with Crippen molar-refractivity contribution in [2.45, 2.75) is 12.8 Å². The van der Waals surface area contributed by atoms with E-state index in [2.05, 4.69) is 15.3 Å². The van der Waals surface area contributed by atoms with E-state index in [-0.39, 0.29) is 11.8 Å². The zero-order valence-corrected chi connectivity index (χ0v) is 11.2. The summed E-state index contributed by atoms with van der Waals surface area (Å²) in [4.78, 5) is 20.2. The summed E-state index contributed by atoms with van der Waals surface area (Å²) in [6.07, 6.45) is 5.38. The van der Waals surface area contributed by atoms with E-state index >= 15 is 0 Å². The summed E-state index contributed by atoms with van der Waals surface area (Å²) in [6.45, 7) is 0. The van der Waals surface area contributed by atoms with E-state index < -0.39 is 0 Å². The summed E-state index contributed by atoms with van der Waals surface area (Å²) in [6, 6.07) is 9.20. The summed E-state index contributed by atoms with van der Waals surface area (Å²) >= 11 is 0. The number of hydrogen-bond acceptors (Lipinski definition) is 4. The molecule has 2 aromatic heterocycles. The average molecular weight is 279 g/mol. The van der Waals surface area contributed by atoms with Crippen molar-refractivity contribution in [3.05, 3.63) is 42.7 Å². The molecule has 0 aliphatic heterocycles. The molecule has 3 aromatic rings. The fourth-order valence-electron chi connectivity index (χ4n) is 2.21. The Morgan fingerprint density at radius 2 is 2.00 bits per heavy atom. The minimum absolute atomic E-state index is 0.0900. The van der Waals surface area contributed by atoms with Crippen LogP contribution in [0, 0.1) is 5.92 Å². The van der Waals surface area contributed by atoms with Gasteiger partial charge >= 0.3 is 0 Å². The van der Waals surface area contributed by atoms with Gasteiger partial charge in [0.25, 0.3) is 0 Å². The molecule has 1 fully saturated rings. The third kappa shape index (κ3) is 2.38. The topological polar surface area (TPSA) is 68.0 Å². The van der Waals surface area contributed by atoms with Crippen LogP contribution in [0.15, 0.2) is 47.1 Å². The molecule has 1 aliphatic rings. The van der Waals surface area contributed by atoms with Crippen LogP contribution in [0.3, 0.4) is 0 Å². The van der Waals surface area contributed by atoms with Crippen LogP contribution < -0.4 is 5.32 Å². The maximum atomic E-state index is 11.8. The van der Waals surface area contributed by atoms with Crippen molar-refractivity contribution in [3.8, 4) is 11.5 Å². The fourth-order valence-corrected chi connectivity index (χ4v) is 2.21. The Morgan fingerprint density at radius 1 is 1.19 bits per heavy atom. The van der Waals surface area contributed by atoms with Gasteiger partial charge in [-0.15, -0.1) is 0 Å². The van der Waals surface area contributed by atoms with Crippen molar-refractivity contribution >= 4 is 22.7 Å². The van der Waals surface area contributed by atoms with E-state index in [0.717, 1.165) is 29.6 Å². The quantitative estimate of drug-likeness (QED) is 0.799. The lowest BCUT2D eigenvalue weighted by atomic mass is 10.2. The summed E-state index contributed by atoms with van der Waals surface area (Å²) in [5.41, 5.74) is 3.07. The van der Waals surface area contributed by atoms with Gasteiger partial charge in [0.15, 0.2) is 5.58 Å². The second-order valence-electron chi connectivity index (χ2n) is 5.20. The molecule has 0 radical (unpaired) electrons. The third-order valence-corrected chi connectivity index (χ3v) is 3.53. The molecule has 1 aliphatic carbocycles. The minimum atomic E-state index is 0.0900. The molecule has 1 aromatic carbocycles. The number of benzene rings is 1. The molecular formula is C16H13N3O2. The highest BCUT2D eigenvalue weighted by atomic mass is 16.3. The Labute approximate surface area is 121 Å². The zero-order chi connectivity index (χ0) is 14.2. The molecule has 5 heteroatoms. The van der Waals surface area contributed by atoms with Gasteiger partial charge in [-0.2, -0.15) is 0 Å². The standard InChI is InChI=1S/C16H13N3O2/c20-15(10-1-2-10)18-12-3-4-14-13(9-12)19-16(21-14)11-5-7-17-8-6-11/h3-10H,1-2H2,(H,18,20). The van der Waals surface area contributed by atoms with Crippen molar-refractivity contribution in [2.75, 3.05) is 5.32 Å². The van der Waals surface area contributed by atoms with Crippen LogP contribution in [0.5, 0.6) is 0 Å². The van der Waals surface area contributed by atoms with Crippen LogP contribution in [0.2, 0.25) is 0 Å². The number of fused-ring (bicyclic) bond motifs is 1. The molecule has 104 valence electrons. The van der Waals surface area contributed by atoms with Crippen LogP contribution in [0.1, 0.15) is 12.8 Å². The Balaban J connectivity index is 1.66. The first-order valence-corrected chi connectivity index (χ1v) is 6.91.